The zero-order valence-corrected chi connectivity index (χ0v) is 15.8. The van der Waals surface area contributed by atoms with Gasteiger partial charge in [-0.15, -0.1) is 0 Å². The summed E-state index contributed by atoms with van der Waals surface area (Å²) in [5.41, 5.74) is 1.61. The zero-order chi connectivity index (χ0) is 18.1. The van der Waals surface area contributed by atoms with E-state index in [1.807, 2.05) is 36.4 Å². The van der Waals surface area contributed by atoms with Crippen molar-refractivity contribution < 1.29 is 14.3 Å². The van der Waals surface area contributed by atoms with Gasteiger partial charge in [-0.3, -0.25) is 9.69 Å². The number of hydrogen-bond acceptors (Lipinski definition) is 6. The second kappa shape index (κ2) is 7.19. The minimum Gasteiger partial charge on any atom is -0.454 e. The summed E-state index contributed by atoms with van der Waals surface area (Å²) in [6.07, 6.45) is 1.80. The molecule has 2 heterocycles. The van der Waals surface area contributed by atoms with E-state index < -0.39 is 0 Å². The van der Waals surface area contributed by atoms with Crippen LogP contribution in [0, 0.1) is 0 Å². The maximum atomic E-state index is 12.7. The number of benzene rings is 2. The second-order valence-electron chi connectivity index (χ2n) is 5.54. The summed E-state index contributed by atoms with van der Waals surface area (Å²) in [6.45, 7) is 0.474. The predicted molar refractivity (Wildman–Crippen MR) is 108 cm³/mol. The van der Waals surface area contributed by atoms with Crippen LogP contribution in [-0.2, 0) is 4.79 Å². The molecule has 1 saturated heterocycles. The van der Waals surface area contributed by atoms with Crippen LogP contribution in [0.4, 0.5) is 5.69 Å². The number of halogens is 1. The van der Waals surface area contributed by atoms with E-state index >= 15 is 0 Å². The molecule has 132 valence electrons. The predicted octanol–water partition coefficient (Wildman–Crippen LogP) is 4.34. The number of amides is 1. The van der Waals surface area contributed by atoms with Crippen molar-refractivity contribution in [3.05, 3.63) is 58.0 Å². The third kappa shape index (κ3) is 3.38. The molecule has 2 aromatic carbocycles. The van der Waals surface area contributed by atoms with E-state index in [0.717, 1.165) is 11.3 Å². The normalized spacial score (nSPS) is 17.3. The van der Waals surface area contributed by atoms with Crippen molar-refractivity contribution in [2.24, 2.45) is 0 Å². The molecule has 0 bridgehead atoms. The third-order valence-corrected chi connectivity index (χ3v) is 5.58. The van der Waals surface area contributed by atoms with Gasteiger partial charge in [-0.2, -0.15) is 0 Å². The number of nitrogens with one attached hydrogen (secondary N) is 1. The van der Waals surface area contributed by atoms with Crippen LogP contribution in [0.15, 0.2) is 47.4 Å². The van der Waals surface area contributed by atoms with Gasteiger partial charge in [-0.25, -0.2) is 0 Å². The van der Waals surface area contributed by atoms with E-state index in [-0.39, 0.29) is 19.4 Å². The maximum Gasteiger partial charge on any atom is 0.267 e. The largest absolute Gasteiger partial charge is 0.454 e. The Labute approximate surface area is 164 Å². The number of thiocarbonyl (C=S) groups is 1. The molecule has 2 aliphatic heterocycles. The summed E-state index contributed by atoms with van der Waals surface area (Å²) in [7, 11) is 0. The number of rotatable bonds is 4. The quantitative estimate of drug-likeness (QED) is 0.604. The van der Waals surface area contributed by atoms with Crippen molar-refractivity contribution in [3.8, 4) is 11.5 Å². The van der Waals surface area contributed by atoms with E-state index in [1.54, 1.807) is 12.1 Å². The van der Waals surface area contributed by atoms with Crippen molar-refractivity contribution >= 4 is 57.6 Å². The first-order valence-electron chi connectivity index (χ1n) is 7.75. The lowest BCUT2D eigenvalue weighted by Gasteiger charge is -2.16. The first-order valence-corrected chi connectivity index (χ1v) is 9.35. The molecule has 0 radical (unpaired) electrons. The van der Waals surface area contributed by atoms with Crippen LogP contribution in [0.3, 0.4) is 0 Å². The molecule has 26 heavy (non-hydrogen) atoms. The number of ether oxygens (including phenoxy) is 2. The number of fused-ring (bicyclic) bond motifs is 1. The van der Waals surface area contributed by atoms with Crippen LogP contribution in [0.25, 0.3) is 6.08 Å². The molecular formula is C18H13ClN2O3S2. The summed E-state index contributed by atoms with van der Waals surface area (Å²) in [4.78, 5) is 14.8. The van der Waals surface area contributed by atoms with E-state index in [2.05, 4.69) is 5.32 Å². The van der Waals surface area contributed by atoms with Crippen molar-refractivity contribution in [1.29, 1.82) is 0 Å². The van der Waals surface area contributed by atoms with Gasteiger partial charge >= 0.3 is 0 Å². The zero-order valence-electron chi connectivity index (χ0n) is 13.4. The van der Waals surface area contributed by atoms with Gasteiger partial charge < -0.3 is 14.8 Å². The molecule has 8 heteroatoms. The Kier molecular flexibility index (Phi) is 4.76. The Hall–Kier alpha value is -2.22. The standard InChI is InChI=1S/C18H13ClN2O3S2/c19-12-3-1-2-4-13(12)20-9-21-17(22)16(26-18(21)25)8-11-5-6-14-15(7-11)24-10-23-14/h1-8,20H,9-10H2. The molecule has 1 fully saturated rings. The van der Waals surface area contributed by atoms with Gasteiger partial charge in [0.25, 0.3) is 5.91 Å². The minimum atomic E-state index is -0.141. The molecule has 1 amide bonds. The highest BCUT2D eigenvalue weighted by Crippen LogP contribution is 2.36. The third-order valence-electron chi connectivity index (χ3n) is 3.87. The number of nitrogens with zero attached hydrogens (tertiary/aromatic N) is 1. The number of para-hydroxylation sites is 1. The Morgan fingerprint density at radius 1 is 1.23 bits per heavy atom. The summed E-state index contributed by atoms with van der Waals surface area (Å²) in [5.74, 6) is 1.24. The number of carbonyl (C=O) groups excluding carboxylic acids is 1. The van der Waals surface area contributed by atoms with Gasteiger partial charge in [0.15, 0.2) is 11.5 Å². The first-order chi connectivity index (χ1) is 12.6. The van der Waals surface area contributed by atoms with Gasteiger partial charge in [-0.1, -0.05) is 53.8 Å². The number of carbonyl (C=O) groups is 1. The van der Waals surface area contributed by atoms with Crippen LogP contribution in [0.1, 0.15) is 5.56 Å². The fourth-order valence-corrected chi connectivity index (χ4v) is 4.02. The summed E-state index contributed by atoms with van der Waals surface area (Å²) < 4.78 is 11.2. The Bertz CT molecular complexity index is 932. The molecule has 0 aliphatic carbocycles. The minimum absolute atomic E-state index is 0.141. The molecule has 2 aliphatic rings. The molecule has 0 aromatic heterocycles. The summed E-state index contributed by atoms with van der Waals surface area (Å²) in [6, 6.07) is 12.9. The molecule has 0 saturated carbocycles. The van der Waals surface area contributed by atoms with Gasteiger partial charge in [0.1, 0.15) is 4.32 Å². The molecule has 5 nitrogen and oxygen atoms in total. The van der Waals surface area contributed by atoms with E-state index in [1.165, 1.54) is 16.7 Å². The second-order valence-corrected chi connectivity index (χ2v) is 7.62. The fourth-order valence-electron chi connectivity index (χ4n) is 2.56. The lowest BCUT2D eigenvalue weighted by atomic mass is 10.2. The highest BCUT2D eigenvalue weighted by Gasteiger charge is 2.32. The van der Waals surface area contributed by atoms with Gasteiger partial charge in [0.05, 0.1) is 22.3 Å². The molecular weight excluding hydrogens is 392 g/mol. The average molecular weight is 405 g/mol. The van der Waals surface area contributed by atoms with Crippen LogP contribution in [0.5, 0.6) is 11.5 Å². The van der Waals surface area contributed by atoms with Crippen molar-refractivity contribution in [2.75, 3.05) is 18.8 Å². The highest BCUT2D eigenvalue weighted by atomic mass is 35.5. The first kappa shape index (κ1) is 17.2. The maximum absolute atomic E-state index is 12.7. The Morgan fingerprint density at radius 2 is 2.04 bits per heavy atom. The van der Waals surface area contributed by atoms with E-state index in [0.29, 0.717) is 25.7 Å². The van der Waals surface area contributed by atoms with Gasteiger partial charge in [-0.05, 0) is 35.9 Å². The average Bonchev–Trinajstić information content (AvgIpc) is 3.19. The summed E-state index contributed by atoms with van der Waals surface area (Å²) in [5, 5.41) is 3.73. The number of thioether (sulfide) groups is 1. The fraction of sp³-hybridized carbons (Fsp3) is 0.111. The van der Waals surface area contributed by atoms with Crippen molar-refractivity contribution in [2.45, 2.75) is 0 Å². The molecule has 4 rings (SSSR count). The van der Waals surface area contributed by atoms with Crippen LogP contribution in [0.2, 0.25) is 5.02 Å². The number of hydrogen-bond donors (Lipinski definition) is 1. The van der Waals surface area contributed by atoms with E-state index in [9.17, 15) is 4.79 Å². The summed E-state index contributed by atoms with van der Waals surface area (Å²) >= 11 is 12.7. The van der Waals surface area contributed by atoms with Crippen molar-refractivity contribution in [3.63, 3.8) is 0 Å². The van der Waals surface area contributed by atoms with Crippen molar-refractivity contribution in [1.82, 2.24) is 4.90 Å². The highest BCUT2D eigenvalue weighted by molar-refractivity contribution is 8.26. The Balaban J connectivity index is 1.49. The Morgan fingerprint density at radius 3 is 2.88 bits per heavy atom. The SMILES string of the molecule is O=C1C(=Cc2ccc3c(c2)OCO3)SC(=S)N1CNc1ccccc1Cl. The smallest absolute Gasteiger partial charge is 0.267 e. The monoisotopic (exact) mass is 404 g/mol. The number of anilines is 1. The van der Waals surface area contributed by atoms with E-state index in [4.69, 9.17) is 33.3 Å². The van der Waals surface area contributed by atoms with Crippen LogP contribution < -0.4 is 14.8 Å². The van der Waals surface area contributed by atoms with Gasteiger partial charge in [0.2, 0.25) is 6.79 Å². The molecule has 0 unspecified atom stereocenters. The molecule has 2 aromatic rings. The van der Waals surface area contributed by atoms with Crippen LogP contribution >= 0.6 is 35.6 Å². The molecule has 0 spiro atoms. The topological polar surface area (TPSA) is 50.8 Å². The molecule has 0 atom stereocenters. The molecule has 1 N–H and O–H groups in total. The van der Waals surface area contributed by atoms with Crippen LogP contribution in [-0.4, -0.2) is 28.6 Å². The lowest BCUT2D eigenvalue weighted by molar-refractivity contribution is -0.121. The van der Waals surface area contributed by atoms with Gasteiger partial charge in [0, 0.05) is 0 Å². The lowest BCUT2D eigenvalue weighted by Crippen LogP contribution is -2.33.